The van der Waals surface area contributed by atoms with Gasteiger partial charge in [-0.1, -0.05) is 17.4 Å². The zero-order valence-electron chi connectivity index (χ0n) is 9.52. The quantitative estimate of drug-likeness (QED) is 0.184. The highest BCUT2D eigenvalue weighted by Crippen LogP contribution is 2.24. The summed E-state index contributed by atoms with van der Waals surface area (Å²) < 4.78 is 0. The first-order valence-corrected chi connectivity index (χ1v) is 5.16. The largest absolute Gasteiger partial charge is 0.506 e. The van der Waals surface area contributed by atoms with Crippen LogP contribution >= 0.6 is 0 Å². The van der Waals surface area contributed by atoms with Gasteiger partial charge in [0.15, 0.2) is 5.84 Å². The molecule has 0 bridgehead atoms. The third-order valence-corrected chi connectivity index (χ3v) is 2.52. The average Bonchev–Trinajstić information content (AvgIpc) is 2.38. The van der Waals surface area contributed by atoms with Gasteiger partial charge in [0.25, 0.3) is 5.56 Å². The molecule has 1 heterocycles. The van der Waals surface area contributed by atoms with Crippen molar-refractivity contribution in [2.75, 3.05) is 0 Å². The fourth-order valence-electron chi connectivity index (χ4n) is 1.67. The van der Waals surface area contributed by atoms with Gasteiger partial charge in [0.2, 0.25) is 5.78 Å². The van der Waals surface area contributed by atoms with Gasteiger partial charge in [-0.05, 0) is 12.1 Å². The molecule has 0 atom stereocenters. The number of ketones is 1. The number of pyridine rings is 1. The third kappa shape index (κ3) is 2.06. The molecule has 0 spiro atoms. The minimum absolute atomic E-state index is 0.293. The molecule has 0 amide bonds. The van der Waals surface area contributed by atoms with E-state index in [9.17, 15) is 14.7 Å². The number of aromatic hydroxyl groups is 1. The molecule has 0 aliphatic heterocycles. The number of fused-ring (bicyclic) bond motifs is 1. The van der Waals surface area contributed by atoms with Crippen LogP contribution in [0.3, 0.4) is 0 Å². The minimum Gasteiger partial charge on any atom is -0.506 e. The summed E-state index contributed by atoms with van der Waals surface area (Å²) in [4.78, 5) is 26.0. The molecule has 0 saturated carbocycles. The molecular weight excluding hydrogens is 250 g/mol. The summed E-state index contributed by atoms with van der Waals surface area (Å²) in [5, 5.41) is 20.2. The lowest BCUT2D eigenvalue weighted by molar-refractivity contribution is 0.105. The van der Waals surface area contributed by atoms with Crippen molar-refractivity contribution in [3.05, 3.63) is 40.2 Å². The lowest BCUT2D eigenvalue weighted by atomic mass is 10.1. The standard InChI is InChI=1S/C11H9N5O3/c12-10(15-16-13)9(18)7-8(17)5-3-1-2-4-6(5)14-11(7)19/h1-4H,(H3,12,13,15)(H2,14,17,19). The van der Waals surface area contributed by atoms with E-state index in [0.29, 0.717) is 10.9 Å². The molecule has 0 aliphatic carbocycles. The van der Waals surface area contributed by atoms with Gasteiger partial charge in [0.05, 0.1) is 5.52 Å². The van der Waals surface area contributed by atoms with Crippen molar-refractivity contribution in [3.8, 4) is 5.75 Å². The van der Waals surface area contributed by atoms with Crippen LogP contribution in [0.4, 0.5) is 0 Å². The molecule has 0 fully saturated rings. The Labute approximate surface area is 106 Å². The average molecular weight is 259 g/mol. The number of para-hydroxylation sites is 1. The Hall–Kier alpha value is -3.03. The number of carbonyl (C=O) groups excluding carboxylic acids is 1. The van der Waals surface area contributed by atoms with Gasteiger partial charge in [-0.25, -0.2) is 5.43 Å². The number of nitrogens with zero attached hydrogens (tertiary/aromatic N) is 1. The van der Waals surface area contributed by atoms with Crippen LogP contribution in [0.15, 0.2) is 34.3 Å². The van der Waals surface area contributed by atoms with Crippen LogP contribution in [0.2, 0.25) is 0 Å². The summed E-state index contributed by atoms with van der Waals surface area (Å²) in [7, 11) is 0. The molecule has 0 saturated heterocycles. The highest BCUT2D eigenvalue weighted by Gasteiger charge is 2.22. The zero-order chi connectivity index (χ0) is 14.0. The van der Waals surface area contributed by atoms with E-state index in [1.807, 2.05) is 5.43 Å². The van der Waals surface area contributed by atoms with E-state index in [4.69, 9.17) is 10.9 Å². The molecule has 2 aromatic rings. The highest BCUT2D eigenvalue weighted by atomic mass is 16.3. The van der Waals surface area contributed by atoms with Gasteiger partial charge < -0.3 is 10.1 Å². The number of benzene rings is 1. The molecule has 1 aromatic carbocycles. The van der Waals surface area contributed by atoms with E-state index in [1.165, 1.54) is 6.07 Å². The van der Waals surface area contributed by atoms with E-state index < -0.39 is 28.5 Å². The predicted molar refractivity (Wildman–Crippen MR) is 66.6 cm³/mol. The lowest BCUT2D eigenvalue weighted by Gasteiger charge is -2.06. The minimum atomic E-state index is -1.04. The summed E-state index contributed by atoms with van der Waals surface area (Å²) in [6.07, 6.45) is 0. The molecular formula is C11H9N5O3. The summed E-state index contributed by atoms with van der Waals surface area (Å²) in [5.41, 5.74) is 7.33. The number of H-pyrrole nitrogens is 1. The van der Waals surface area contributed by atoms with Crippen LogP contribution < -0.4 is 11.0 Å². The van der Waals surface area contributed by atoms with Crippen LogP contribution in [-0.2, 0) is 0 Å². The molecule has 8 heteroatoms. The second-order valence-electron chi connectivity index (χ2n) is 3.65. The monoisotopic (exact) mass is 259 g/mol. The Morgan fingerprint density at radius 3 is 2.74 bits per heavy atom. The molecule has 1 aromatic heterocycles. The fourth-order valence-corrected chi connectivity index (χ4v) is 1.67. The molecule has 2 rings (SSSR count). The van der Waals surface area contributed by atoms with Gasteiger partial charge >= 0.3 is 0 Å². The first-order valence-electron chi connectivity index (χ1n) is 5.16. The van der Waals surface area contributed by atoms with E-state index in [-0.39, 0.29) is 0 Å². The molecule has 8 nitrogen and oxygen atoms in total. The Morgan fingerprint density at radius 2 is 2.05 bits per heavy atom. The Kier molecular flexibility index (Phi) is 3.06. The van der Waals surface area contributed by atoms with Crippen molar-refractivity contribution in [2.45, 2.75) is 0 Å². The molecule has 96 valence electrons. The van der Waals surface area contributed by atoms with Gasteiger partial charge in [-0.3, -0.25) is 15.0 Å². The van der Waals surface area contributed by atoms with Crippen molar-refractivity contribution in [1.82, 2.24) is 10.4 Å². The van der Waals surface area contributed by atoms with Crippen molar-refractivity contribution in [2.24, 2.45) is 5.22 Å². The third-order valence-electron chi connectivity index (χ3n) is 2.52. The van der Waals surface area contributed by atoms with Gasteiger partial charge in [0, 0.05) is 5.39 Å². The Bertz CT molecular complexity index is 750. The van der Waals surface area contributed by atoms with Gasteiger partial charge in [-0.2, -0.15) is 5.53 Å². The Morgan fingerprint density at radius 1 is 1.37 bits per heavy atom. The first-order chi connectivity index (χ1) is 9.06. The van der Waals surface area contributed by atoms with E-state index in [1.54, 1.807) is 18.2 Å². The van der Waals surface area contributed by atoms with Crippen molar-refractivity contribution in [3.63, 3.8) is 0 Å². The summed E-state index contributed by atoms with van der Waals surface area (Å²) in [6.45, 7) is 0. The number of Topliss-reactive ketones (excluding diaryl/α,β-unsaturated/α-hetero) is 1. The van der Waals surface area contributed by atoms with Crippen LogP contribution in [0.1, 0.15) is 10.4 Å². The lowest BCUT2D eigenvalue weighted by Crippen LogP contribution is -2.30. The van der Waals surface area contributed by atoms with E-state index in [0.717, 1.165) is 0 Å². The number of rotatable bonds is 3. The molecule has 0 radical (unpaired) electrons. The number of amidine groups is 1. The maximum atomic E-state index is 11.8. The Balaban J connectivity index is 2.67. The number of nitrogens with one attached hydrogen (secondary N) is 4. The number of aromatic amines is 1. The molecule has 5 N–H and O–H groups in total. The SMILES string of the molecule is N=NNC(=N)C(=O)c1c(O)c2ccccc2[nH]c1=O. The molecule has 19 heavy (non-hydrogen) atoms. The second kappa shape index (κ2) is 4.69. The summed E-state index contributed by atoms with van der Waals surface area (Å²) >= 11 is 0. The number of hydrogen-bond donors (Lipinski definition) is 5. The number of hydrogen-bond acceptors (Lipinski definition) is 6. The van der Waals surface area contributed by atoms with E-state index in [2.05, 4.69) is 10.2 Å². The number of carbonyl (C=O) groups is 1. The molecule has 0 aliphatic rings. The van der Waals surface area contributed by atoms with Crippen LogP contribution in [-0.4, -0.2) is 21.7 Å². The van der Waals surface area contributed by atoms with E-state index >= 15 is 0 Å². The second-order valence-corrected chi connectivity index (χ2v) is 3.65. The van der Waals surface area contributed by atoms with Crippen LogP contribution in [0.5, 0.6) is 5.75 Å². The van der Waals surface area contributed by atoms with Crippen LogP contribution in [0, 0.1) is 10.9 Å². The topological polar surface area (TPSA) is 142 Å². The van der Waals surface area contributed by atoms with Crippen molar-refractivity contribution < 1.29 is 9.90 Å². The number of aromatic nitrogens is 1. The normalized spacial score (nSPS) is 10.1. The summed E-state index contributed by atoms with van der Waals surface area (Å²) in [6, 6.07) is 6.41. The smallest absolute Gasteiger partial charge is 0.263 e. The van der Waals surface area contributed by atoms with Crippen molar-refractivity contribution in [1.29, 1.82) is 10.9 Å². The highest BCUT2D eigenvalue weighted by molar-refractivity contribution is 6.44. The molecule has 0 unspecified atom stereocenters. The fraction of sp³-hybridized carbons (Fsp3) is 0. The van der Waals surface area contributed by atoms with Gasteiger partial charge in [-0.15, -0.1) is 0 Å². The maximum absolute atomic E-state index is 11.8. The van der Waals surface area contributed by atoms with Gasteiger partial charge in [0.1, 0.15) is 11.3 Å². The maximum Gasteiger partial charge on any atom is 0.263 e. The predicted octanol–water partition coefficient (Wildman–Crippen LogP) is 0.929. The van der Waals surface area contributed by atoms with Crippen molar-refractivity contribution >= 4 is 22.5 Å². The zero-order valence-corrected chi connectivity index (χ0v) is 9.52. The van der Waals surface area contributed by atoms with Crippen LogP contribution in [0.25, 0.3) is 10.9 Å². The first kappa shape index (κ1) is 12.4. The summed E-state index contributed by atoms with van der Waals surface area (Å²) in [5.74, 6) is -2.31.